The summed E-state index contributed by atoms with van der Waals surface area (Å²) in [6.45, 7) is 4.39. The standard InChI is InChI=1S/C21H25FN4O3S/c1-4-26(5-2)30(28,29)17-10-11-19-18(14-17)24-20(25(19)3)12-13-21(27)23-16-8-6-15(22)7-9-16/h6-11,14H,4-5,12-13H2,1-3H3,(H,23,27). The van der Waals surface area contributed by atoms with E-state index >= 15 is 0 Å². The molecule has 30 heavy (non-hydrogen) atoms. The lowest BCUT2D eigenvalue weighted by Gasteiger charge is -2.18. The van der Waals surface area contributed by atoms with Gasteiger partial charge >= 0.3 is 0 Å². The highest BCUT2D eigenvalue weighted by Gasteiger charge is 2.22. The van der Waals surface area contributed by atoms with E-state index in [4.69, 9.17) is 0 Å². The van der Waals surface area contributed by atoms with Crippen LogP contribution in [0.5, 0.6) is 0 Å². The van der Waals surface area contributed by atoms with Crippen molar-refractivity contribution in [2.45, 2.75) is 31.6 Å². The van der Waals surface area contributed by atoms with Crippen LogP contribution >= 0.6 is 0 Å². The van der Waals surface area contributed by atoms with Gasteiger partial charge in [-0.05, 0) is 42.5 Å². The summed E-state index contributed by atoms with van der Waals surface area (Å²) in [4.78, 5) is 16.9. The van der Waals surface area contributed by atoms with Crippen molar-refractivity contribution in [1.29, 1.82) is 0 Å². The molecule has 7 nitrogen and oxygen atoms in total. The number of anilines is 1. The number of aromatic nitrogens is 2. The Kier molecular flexibility index (Phi) is 6.52. The molecule has 1 N–H and O–H groups in total. The fourth-order valence-corrected chi connectivity index (χ4v) is 4.79. The Morgan fingerprint density at radius 3 is 2.43 bits per heavy atom. The zero-order chi connectivity index (χ0) is 21.9. The van der Waals surface area contributed by atoms with Crippen LogP contribution in [0.15, 0.2) is 47.4 Å². The molecule has 0 saturated carbocycles. The normalized spacial score (nSPS) is 11.9. The molecule has 0 spiro atoms. The first-order chi connectivity index (χ1) is 14.3. The Hall–Kier alpha value is -2.78. The molecule has 0 radical (unpaired) electrons. The highest BCUT2D eigenvalue weighted by atomic mass is 32.2. The van der Waals surface area contributed by atoms with Crippen molar-refractivity contribution < 1.29 is 17.6 Å². The molecule has 160 valence electrons. The summed E-state index contributed by atoms with van der Waals surface area (Å²) < 4.78 is 41.7. The smallest absolute Gasteiger partial charge is 0.243 e. The second kappa shape index (κ2) is 8.93. The molecule has 0 unspecified atom stereocenters. The van der Waals surface area contributed by atoms with E-state index in [-0.39, 0.29) is 23.0 Å². The first kappa shape index (κ1) is 21.9. The summed E-state index contributed by atoms with van der Waals surface area (Å²) in [6, 6.07) is 10.5. The van der Waals surface area contributed by atoms with Crippen molar-refractivity contribution in [3.63, 3.8) is 0 Å². The minimum atomic E-state index is -3.57. The summed E-state index contributed by atoms with van der Waals surface area (Å²) in [7, 11) is -1.73. The van der Waals surface area contributed by atoms with Gasteiger partial charge in [0, 0.05) is 38.7 Å². The van der Waals surface area contributed by atoms with Crippen molar-refractivity contribution in [3.8, 4) is 0 Å². The number of carbonyl (C=O) groups excluding carboxylic acids is 1. The predicted molar refractivity (Wildman–Crippen MR) is 114 cm³/mol. The number of halogens is 1. The van der Waals surface area contributed by atoms with Crippen LogP contribution in [-0.4, -0.2) is 41.3 Å². The maximum Gasteiger partial charge on any atom is 0.243 e. The summed E-state index contributed by atoms with van der Waals surface area (Å²) >= 11 is 0. The largest absolute Gasteiger partial charge is 0.331 e. The number of nitrogens with zero attached hydrogens (tertiary/aromatic N) is 3. The predicted octanol–water partition coefficient (Wildman–Crippen LogP) is 3.31. The maximum atomic E-state index is 13.0. The second-order valence-corrected chi connectivity index (χ2v) is 8.82. The summed E-state index contributed by atoms with van der Waals surface area (Å²) in [5.74, 6) is 0.102. The van der Waals surface area contributed by atoms with E-state index in [1.807, 2.05) is 11.6 Å². The van der Waals surface area contributed by atoms with Crippen molar-refractivity contribution >= 4 is 32.7 Å². The van der Waals surface area contributed by atoms with Gasteiger partial charge in [0.25, 0.3) is 0 Å². The SMILES string of the molecule is CCN(CC)S(=O)(=O)c1ccc2c(c1)nc(CCC(=O)Nc1ccc(F)cc1)n2C. The van der Waals surface area contributed by atoms with E-state index < -0.39 is 10.0 Å². The van der Waals surface area contributed by atoms with Crippen LogP contribution in [0.4, 0.5) is 10.1 Å². The Bertz CT molecular complexity index is 1150. The van der Waals surface area contributed by atoms with E-state index in [0.29, 0.717) is 36.5 Å². The van der Waals surface area contributed by atoms with Crippen LogP contribution in [0.2, 0.25) is 0 Å². The fraction of sp³-hybridized carbons (Fsp3) is 0.333. The lowest BCUT2D eigenvalue weighted by Crippen LogP contribution is -2.30. The monoisotopic (exact) mass is 432 g/mol. The third-order valence-electron chi connectivity index (χ3n) is 4.99. The van der Waals surface area contributed by atoms with Crippen LogP contribution in [0.1, 0.15) is 26.1 Å². The first-order valence-electron chi connectivity index (χ1n) is 9.77. The number of hydrogen-bond donors (Lipinski definition) is 1. The molecule has 0 aliphatic heterocycles. The molecule has 1 aromatic heterocycles. The highest BCUT2D eigenvalue weighted by molar-refractivity contribution is 7.89. The zero-order valence-corrected chi connectivity index (χ0v) is 18.0. The number of fused-ring (bicyclic) bond motifs is 1. The van der Waals surface area contributed by atoms with Crippen LogP contribution in [-0.2, 0) is 28.3 Å². The van der Waals surface area contributed by atoms with E-state index in [9.17, 15) is 17.6 Å². The summed E-state index contributed by atoms with van der Waals surface area (Å²) in [5.41, 5.74) is 1.89. The average molecular weight is 433 g/mol. The van der Waals surface area contributed by atoms with Gasteiger partial charge in [-0.3, -0.25) is 4.79 Å². The molecule has 0 bridgehead atoms. The van der Waals surface area contributed by atoms with Crippen LogP contribution in [0, 0.1) is 5.82 Å². The van der Waals surface area contributed by atoms with Gasteiger partial charge in [0.2, 0.25) is 15.9 Å². The van der Waals surface area contributed by atoms with Crippen molar-refractivity contribution in [2.24, 2.45) is 7.05 Å². The minimum Gasteiger partial charge on any atom is -0.331 e. The number of hydrogen-bond acceptors (Lipinski definition) is 4. The molecular weight excluding hydrogens is 407 g/mol. The number of rotatable bonds is 8. The Labute approximate surface area is 175 Å². The van der Waals surface area contributed by atoms with E-state index in [1.54, 1.807) is 32.0 Å². The molecule has 0 fully saturated rings. The quantitative estimate of drug-likeness (QED) is 0.592. The number of benzene rings is 2. The van der Waals surface area contributed by atoms with Crippen LogP contribution in [0.3, 0.4) is 0 Å². The first-order valence-corrected chi connectivity index (χ1v) is 11.2. The van der Waals surface area contributed by atoms with E-state index in [2.05, 4.69) is 10.3 Å². The summed E-state index contributed by atoms with van der Waals surface area (Å²) in [5, 5.41) is 2.72. The van der Waals surface area contributed by atoms with E-state index in [0.717, 1.165) is 5.52 Å². The highest BCUT2D eigenvalue weighted by Crippen LogP contribution is 2.23. The molecule has 1 amide bonds. The van der Waals surface area contributed by atoms with Gasteiger partial charge in [0.15, 0.2) is 0 Å². The number of nitrogens with one attached hydrogen (secondary N) is 1. The Morgan fingerprint density at radius 2 is 1.80 bits per heavy atom. The molecule has 1 heterocycles. The molecule has 2 aromatic carbocycles. The Morgan fingerprint density at radius 1 is 1.13 bits per heavy atom. The molecule has 3 aromatic rings. The van der Waals surface area contributed by atoms with Gasteiger partial charge in [0.05, 0.1) is 15.9 Å². The molecular formula is C21H25FN4O3S. The lowest BCUT2D eigenvalue weighted by molar-refractivity contribution is -0.116. The third-order valence-corrected chi connectivity index (χ3v) is 7.04. The van der Waals surface area contributed by atoms with Gasteiger partial charge in [-0.15, -0.1) is 0 Å². The van der Waals surface area contributed by atoms with Crippen molar-refractivity contribution in [3.05, 3.63) is 54.1 Å². The lowest BCUT2D eigenvalue weighted by atomic mass is 10.2. The number of imidazole rings is 1. The zero-order valence-electron chi connectivity index (χ0n) is 17.2. The molecule has 0 saturated heterocycles. The van der Waals surface area contributed by atoms with Crippen molar-refractivity contribution in [2.75, 3.05) is 18.4 Å². The van der Waals surface area contributed by atoms with Gasteiger partial charge in [-0.25, -0.2) is 17.8 Å². The number of amides is 1. The molecule has 9 heteroatoms. The minimum absolute atomic E-state index is 0.194. The molecule has 3 rings (SSSR count). The average Bonchev–Trinajstić information content (AvgIpc) is 3.04. The third kappa shape index (κ3) is 4.52. The topological polar surface area (TPSA) is 84.3 Å². The summed E-state index contributed by atoms with van der Waals surface area (Å²) in [6.07, 6.45) is 0.579. The Balaban J connectivity index is 1.76. The fourth-order valence-electron chi connectivity index (χ4n) is 3.31. The van der Waals surface area contributed by atoms with Crippen LogP contribution in [0.25, 0.3) is 11.0 Å². The van der Waals surface area contributed by atoms with Gasteiger partial charge in [-0.2, -0.15) is 4.31 Å². The number of sulfonamides is 1. The maximum absolute atomic E-state index is 13.0. The second-order valence-electron chi connectivity index (χ2n) is 6.88. The molecule has 0 aliphatic rings. The van der Waals surface area contributed by atoms with Gasteiger partial charge in [-0.1, -0.05) is 13.8 Å². The van der Waals surface area contributed by atoms with Gasteiger partial charge < -0.3 is 9.88 Å². The molecule has 0 atom stereocenters. The van der Waals surface area contributed by atoms with Gasteiger partial charge in [0.1, 0.15) is 11.6 Å². The number of aryl methyl sites for hydroxylation is 2. The molecule has 0 aliphatic carbocycles. The van der Waals surface area contributed by atoms with Crippen molar-refractivity contribution in [1.82, 2.24) is 13.9 Å². The van der Waals surface area contributed by atoms with E-state index in [1.165, 1.54) is 28.6 Å². The number of carbonyl (C=O) groups is 1. The van der Waals surface area contributed by atoms with Crippen LogP contribution < -0.4 is 5.32 Å².